The van der Waals surface area contributed by atoms with Gasteiger partial charge in [-0.25, -0.2) is 9.97 Å². The maximum absolute atomic E-state index is 12.6. The molecule has 0 saturated carbocycles. The third-order valence-electron chi connectivity index (χ3n) is 7.71. The number of imidazole rings is 1. The fourth-order valence-corrected chi connectivity index (χ4v) is 5.57. The third kappa shape index (κ3) is 5.42. The topological polar surface area (TPSA) is 70.0 Å². The van der Waals surface area contributed by atoms with Crippen LogP contribution in [0.4, 0.5) is 5.69 Å². The van der Waals surface area contributed by atoms with Crippen molar-refractivity contribution < 1.29 is 0 Å². The summed E-state index contributed by atoms with van der Waals surface area (Å²) in [4.78, 5) is 30.5. The van der Waals surface area contributed by atoms with Crippen LogP contribution in [0.3, 0.4) is 0 Å². The minimum atomic E-state index is -0.0856. The third-order valence-corrected chi connectivity index (χ3v) is 7.71. The summed E-state index contributed by atoms with van der Waals surface area (Å²) >= 11 is 0. The van der Waals surface area contributed by atoms with E-state index in [0.717, 1.165) is 78.9 Å². The molecule has 1 saturated heterocycles. The number of nitrogens with zero attached hydrogens (tertiary/aromatic N) is 5. The van der Waals surface area contributed by atoms with Gasteiger partial charge in [0.25, 0.3) is 5.56 Å². The fraction of sp³-hybridized carbons (Fsp3) is 0.500. The number of aryl methyl sites for hydroxylation is 2. The Balaban J connectivity index is 1.55. The van der Waals surface area contributed by atoms with Gasteiger partial charge in [0.1, 0.15) is 11.5 Å². The van der Waals surface area contributed by atoms with E-state index in [4.69, 9.17) is 9.97 Å². The molecule has 0 amide bonds. The Morgan fingerprint density at radius 1 is 0.919 bits per heavy atom. The smallest absolute Gasteiger partial charge is 0.270 e. The van der Waals surface area contributed by atoms with Crippen molar-refractivity contribution in [3.05, 3.63) is 52.4 Å². The van der Waals surface area contributed by atoms with E-state index in [2.05, 4.69) is 70.5 Å². The predicted molar refractivity (Wildman–Crippen MR) is 154 cm³/mol. The van der Waals surface area contributed by atoms with E-state index in [1.54, 1.807) is 0 Å². The van der Waals surface area contributed by atoms with Crippen LogP contribution < -0.4 is 10.5 Å². The van der Waals surface area contributed by atoms with Crippen LogP contribution in [-0.2, 0) is 13.0 Å². The molecule has 7 heteroatoms. The fourth-order valence-electron chi connectivity index (χ4n) is 5.57. The second kappa shape index (κ2) is 11.5. The van der Waals surface area contributed by atoms with Crippen molar-refractivity contribution in [2.45, 2.75) is 65.8 Å². The summed E-state index contributed by atoms with van der Waals surface area (Å²) in [7, 11) is 0. The van der Waals surface area contributed by atoms with E-state index < -0.39 is 0 Å². The van der Waals surface area contributed by atoms with Gasteiger partial charge in [0.2, 0.25) is 0 Å². The van der Waals surface area contributed by atoms with E-state index in [-0.39, 0.29) is 5.56 Å². The Bertz CT molecular complexity index is 1390. The van der Waals surface area contributed by atoms with Crippen molar-refractivity contribution in [1.82, 2.24) is 24.4 Å². The lowest BCUT2D eigenvalue weighted by Gasteiger charge is -2.21. The Kier molecular flexibility index (Phi) is 7.89. The number of benzene rings is 2. The Hall–Kier alpha value is -3.19. The molecule has 2 aromatic heterocycles. The molecule has 0 radical (unpaired) electrons. The van der Waals surface area contributed by atoms with Gasteiger partial charge in [-0.05, 0) is 102 Å². The van der Waals surface area contributed by atoms with E-state index in [0.29, 0.717) is 12.1 Å². The predicted octanol–water partition coefficient (Wildman–Crippen LogP) is 5.61. The van der Waals surface area contributed by atoms with Gasteiger partial charge in [-0.2, -0.15) is 0 Å². The number of unbranched alkanes of at least 4 members (excludes halogenated alkanes) is 1. The molecule has 0 atom stereocenters. The maximum Gasteiger partial charge on any atom is 0.270 e. The summed E-state index contributed by atoms with van der Waals surface area (Å²) in [6.45, 7) is 12.9. The average molecular weight is 501 g/mol. The molecule has 1 aliphatic heterocycles. The molecule has 4 aromatic rings. The first-order chi connectivity index (χ1) is 18.1. The lowest BCUT2D eigenvalue weighted by atomic mass is 10.1. The summed E-state index contributed by atoms with van der Waals surface area (Å²) in [5.41, 5.74) is 6.46. The van der Waals surface area contributed by atoms with E-state index in [9.17, 15) is 4.79 Å². The molecular formula is C30H40N6O. The zero-order chi connectivity index (χ0) is 25.8. The number of anilines is 1. The van der Waals surface area contributed by atoms with E-state index >= 15 is 0 Å². The number of nitrogens with one attached hydrogen (secondary N) is 1. The number of aromatic amines is 1. The maximum atomic E-state index is 12.6. The first kappa shape index (κ1) is 25.5. The Morgan fingerprint density at radius 2 is 1.68 bits per heavy atom. The first-order valence-electron chi connectivity index (χ1n) is 14.1. The number of fused-ring (bicyclic) bond motifs is 2. The quantitative estimate of drug-likeness (QED) is 0.290. The summed E-state index contributed by atoms with van der Waals surface area (Å²) in [5.74, 6) is 0.978. The Labute approximate surface area is 219 Å². The molecule has 0 spiro atoms. The lowest BCUT2D eigenvalue weighted by molar-refractivity contribution is 0.326. The van der Waals surface area contributed by atoms with Crippen LogP contribution in [0.1, 0.15) is 58.6 Å². The summed E-state index contributed by atoms with van der Waals surface area (Å²) in [5, 5.41) is 0. The minimum absolute atomic E-state index is 0.0856. The molecule has 2 aromatic carbocycles. The summed E-state index contributed by atoms with van der Waals surface area (Å²) in [6.07, 6.45) is 6.42. The second-order valence-electron chi connectivity index (χ2n) is 10.2. The second-order valence-corrected chi connectivity index (χ2v) is 10.2. The molecule has 1 fully saturated rings. The largest absolute Gasteiger partial charge is 0.372 e. The highest BCUT2D eigenvalue weighted by Crippen LogP contribution is 2.29. The molecule has 1 N–H and O–H groups in total. The van der Waals surface area contributed by atoms with Crippen LogP contribution in [0.2, 0.25) is 0 Å². The highest BCUT2D eigenvalue weighted by molar-refractivity contribution is 5.93. The van der Waals surface area contributed by atoms with Gasteiger partial charge in [0.05, 0.1) is 22.1 Å². The van der Waals surface area contributed by atoms with Crippen molar-refractivity contribution in [3.8, 4) is 11.4 Å². The molecule has 0 unspecified atom stereocenters. The van der Waals surface area contributed by atoms with E-state index in [1.807, 2.05) is 6.07 Å². The highest BCUT2D eigenvalue weighted by atomic mass is 16.1. The van der Waals surface area contributed by atoms with Gasteiger partial charge < -0.3 is 19.4 Å². The van der Waals surface area contributed by atoms with Crippen molar-refractivity contribution >= 4 is 27.8 Å². The zero-order valence-electron chi connectivity index (χ0n) is 22.6. The number of H-pyrrole nitrogens is 1. The monoisotopic (exact) mass is 500 g/mol. The molecule has 37 heavy (non-hydrogen) atoms. The van der Waals surface area contributed by atoms with Crippen LogP contribution in [-0.4, -0.2) is 57.1 Å². The van der Waals surface area contributed by atoms with Gasteiger partial charge in [-0.15, -0.1) is 0 Å². The molecular weight excluding hydrogens is 460 g/mol. The van der Waals surface area contributed by atoms with Gasteiger partial charge in [0, 0.05) is 30.9 Å². The van der Waals surface area contributed by atoms with Crippen LogP contribution in [0.5, 0.6) is 0 Å². The molecule has 7 nitrogen and oxygen atoms in total. The van der Waals surface area contributed by atoms with Crippen molar-refractivity contribution in [3.63, 3.8) is 0 Å². The van der Waals surface area contributed by atoms with Gasteiger partial charge >= 0.3 is 0 Å². The van der Waals surface area contributed by atoms with Gasteiger partial charge in [-0.3, -0.25) is 4.79 Å². The normalized spacial score (nSPS) is 14.2. The minimum Gasteiger partial charge on any atom is -0.372 e. The van der Waals surface area contributed by atoms with Crippen LogP contribution in [0, 0.1) is 0 Å². The number of likely N-dealkylation sites (tertiary alicyclic amines) is 1. The van der Waals surface area contributed by atoms with Crippen LogP contribution >= 0.6 is 0 Å². The molecule has 1 aliphatic rings. The number of hydrogen-bond donors (Lipinski definition) is 1. The van der Waals surface area contributed by atoms with E-state index in [1.165, 1.54) is 31.6 Å². The highest BCUT2D eigenvalue weighted by Gasteiger charge is 2.17. The Morgan fingerprint density at radius 3 is 2.38 bits per heavy atom. The average Bonchev–Trinajstić information content (AvgIpc) is 3.55. The van der Waals surface area contributed by atoms with Crippen molar-refractivity contribution in [1.29, 1.82) is 0 Å². The van der Waals surface area contributed by atoms with Crippen LogP contribution in [0.15, 0.2) is 41.2 Å². The number of hydrogen-bond acceptors (Lipinski definition) is 5. The van der Waals surface area contributed by atoms with Crippen LogP contribution in [0.25, 0.3) is 33.5 Å². The van der Waals surface area contributed by atoms with Gasteiger partial charge in [0.15, 0.2) is 0 Å². The SMILES string of the molecule is CCCCc1nc2cc3c(cc2[nH]c1=O)nc(-c1ccc(N(CC)CC)cc1)n3CCCN1CCCC1. The standard InChI is InChI=1S/C30H40N6O/c1-4-7-11-24-30(37)33-25-20-27-28(21-26(25)31-24)36(19-10-18-34-16-8-9-17-34)29(32-27)22-12-14-23(15-13-22)35(5-2)6-3/h12-15,20-21H,4-11,16-19H2,1-3H3,(H,33,37). The number of rotatable bonds is 11. The van der Waals surface area contributed by atoms with Crippen molar-refractivity contribution in [2.75, 3.05) is 37.6 Å². The molecule has 3 heterocycles. The molecule has 0 bridgehead atoms. The van der Waals surface area contributed by atoms with Gasteiger partial charge in [-0.1, -0.05) is 13.3 Å². The van der Waals surface area contributed by atoms with Crippen molar-refractivity contribution in [2.24, 2.45) is 0 Å². The zero-order valence-corrected chi connectivity index (χ0v) is 22.6. The summed E-state index contributed by atoms with van der Waals surface area (Å²) < 4.78 is 2.36. The summed E-state index contributed by atoms with van der Waals surface area (Å²) in [6, 6.07) is 12.9. The first-order valence-corrected chi connectivity index (χ1v) is 14.1. The molecule has 0 aliphatic carbocycles. The molecule has 5 rings (SSSR count). The number of aromatic nitrogens is 4. The molecule has 196 valence electrons. The lowest BCUT2D eigenvalue weighted by Crippen LogP contribution is -2.21.